The van der Waals surface area contributed by atoms with Gasteiger partial charge in [-0.3, -0.25) is 9.58 Å². The number of hydrogen-bond acceptors (Lipinski definition) is 4. The Morgan fingerprint density at radius 2 is 2.00 bits per heavy atom. The Balaban J connectivity index is 2.12. The van der Waals surface area contributed by atoms with Crippen molar-refractivity contribution in [1.29, 1.82) is 0 Å². The van der Waals surface area contributed by atoms with Crippen LogP contribution in [-0.2, 0) is 13.0 Å². The summed E-state index contributed by atoms with van der Waals surface area (Å²) in [6.07, 6.45) is 6.38. The van der Waals surface area contributed by atoms with E-state index in [-0.39, 0.29) is 5.54 Å². The molecule has 1 N–H and O–H groups in total. The van der Waals surface area contributed by atoms with Gasteiger partial charge in [0.1, 0.15) is 12.2 Å². The first kappa shape index (κ1) is 16.4. The highest BCUT2D eigenvalue weighted by molar-refractivity contribution is 5.01. The second-order valence-electron chi connectivity index (χ2n) is 6.56. The molecule has 1 aromatic heterocycles. The fraction of sp³-hybridized carbons (Fsp3) is 0.875. The minimum absolute atomic E-state index is 0.148. The van der Waals surface area contributed by atoms with Crippen molar-refractivity contribution in [2.75, 3.05) is 19.6 Å². The third kappa shape index (κ3) is 3.83. The van der Waals surface area contributed by atoms with Crippen molar-refractivity contribution in [3.8, 4) is 0 Å². The Morgan fingerprint density at radius 3 is 2.62 bits per heavy atom. The van der Waals surface area contributed by atoms with Crippen LogP contribution in [0.25, 0.3) is 0 Å². The predicted molar refractivity (Wildman–Crippen MR) is 86.4 cm³/mol. The van der Waals surface area contributed by atoms with Crippen molar-refractivity contribution in [1.82, 2.24) is 25.0 Å². The zero-order valence-electron chi connectivity index (χ0n) is 14.1. The van der Waals surface area contributed by atoms with Crippen molar-refractivity contribution in [2.24, 2.45) is 0 Å². The molecule has 1 aromatic rings. The van der Waals surface area contributed by atoms with E-state index in [0.29, 0.717) is 6.04 Å². The molecule has 0 spiro atoms. The Kier molecular flexibility index (Phi) is 5.76. The van der Waals surface area contributed by atoms with Gasteiger partial charge in [0.25, 0.3) is 0 Å². The maximum atomic E-state index is 4.49. The molecule has 1 aliphatic rings. The number of nitrogens with one attached hydrogen (secondary N) is 1. The van der Waals surface area contributed by atoms with E-state index in [4.69, 9.17) is 0 Å². The van der Waals surface area contributed by atoms with Crippen LogP contribution in [-0.4, -0.2) is 50.9 Å². The second-order valence-corrected chi connectivity index (χ2v) is 6.56. The maximum absolute atomic E-state index is 4.49. The number of nitrogens with zero attached hydrogens (tertiary/aromatic N) is 4. The van der Waals surface area contributed by atoms with Gasteiger partial charge in [0.05, 0.1) is 0 Å². The van der Waals surface area contributed by atoms with Gasteiger partial charge in [-0.25, -0.2) is 4.98 Å². The largest absolute Gasteiger partial charge is 0.312 e. The van der Waals surface area contributed by atoms with Crippen molar-refractivity contribution < 1.29 is 0 Å². The molecule has 2 rings (SSSR count). The highest BCUT2D eigenvalue weighted by Crippen LogP contribution is 2.26. The van der Waals surface area contributed by atoms with Crippen LogP contribution in [0.3, 0.4) is 0 Å². The minimum atomic E-state index is 0.148. The molecule has 21 heavy (non-hydrogen) atoms. The van der Waals surface area contributed by atoms with E-state index < -0.39 is 0 Å². The maximum Gasteiger partial charge on any atom is 0.138 e. The lowest BCUT2D eigenvalue weighted by atomic mass is 9.89. The molecular formula is C16H31N5. The van der Waals surface area contributed by atoms with E-state index >= 15 is 0 Å². The molecule has 1 fully saturated rings. The molecule has 0 aromatic carbocycles. The summed E-state index contributed by atoms with van der Waals surface area (Å²) < 4.78 is 2.06. The quantitative estimate of drug-likeness (QED) is 0.797. The van der Waals surface area contributed by atoms with Gasteiger partial charge in [-0.15, -0.1) is 0 Å². The molecule has 0 radical (unpaired) electrons. The first-order valence-corrected chi connectivity index (χ1v) is 8.44. The fourth-order valence-corrected chi connectivity index (χ4v) is 3.36. The van der Waals surface area contributed by atoms with E-state index in [0.717, 1.165) is 31.8 Å². The van der Waals surface area contributed by atoms with Crippen molar-refractivity contribution >= 4 is 0 Å². The molecule has 5 nitrogen and oxygen atoms in total. The number of rotatable bonds is 8. The van der Waals surface area contributed by atoms with Crippen LogP contribution in [0.1, 0.15) is 52.8 Å². The predicted octanol–water partition coefficient (Wildman–Crippen LogP) is 2.08. The molecule has 0 bridgehead atoms. The summed E-state index contributed by atoms with van der Waals surface area (Å²) >= 11 is 0. The number of likely N-dealkylation sites (tertiary alicyclic amines) is 1. The van der Waals surface area contributed by atoms with E-state index in [1.54, 1.807) is 6.33 Å². The average Bonchev–Trinajstić information content (AvgIpc) is 3.10. The van der Waals surface area contributed by atoms with Crippen molar-refractivity contribution in [2.45, 2.75) is 71.5 Å². The lowest BCUT2D eigenvalue weighted by molar-refractivity contribution is 0.106. The van der Waals surface area contributed by atoms with Gasteiger partial charge in [0.2, 0.25) is 0 Å². The molecule has 1 unspecified atom stereocenters. The average molecular weight is 293 g/mol. The molecule has 2 heterocycles. The Morgan fingerprint density at radius 1 is 1.29 bits per heavy atom. The summed E-state index contributed by atoms with van der Waals surface area (Å²) in [5, 5.41) is 8.05. The Bertz CT molecular complexity index is 420. The molecular weight excluding hydrogens is 262 g/mol. The summed E-state index contributed by atoms with van der Waals surface area (Å²) in [4.78, 5) is 7.12. The standard InChI is InChI=1S/C16H31N5/c1-5-9-21-15(18-13-19-21)12-14(17-6-2)16(3,4)20-10-7-8-11-20/h13-14,17H,5-12H2,1-4H3. The normalized spacial score (nSPS) is 18.3. The van der Waals surface area contributed by atoms with Gasteiger partial charge in [-0.2, -0.15) is 5.10 Å². The van der Waals surface area contributed by atoms with Gasteiger partial charge in [-0.05, 0) is 52.7 Å². The fourth-order valence-electron chi connectivity index (χ4n) is 3.36. The van der Waals surface area contributed by atoms with E-state index in [1.807, 2.05) is 0 Å². The van der Waals surface area contributed by atoms with E-state index in [9.17, 15) is 0 Å². The third-order valence-electron chi connectivity index (χ3n) is 4.74. The lowest BCUT2D eigenvalue weighted by Gasteiger charge is -2.42. The van der Waals surface area contributed by atoms with Crippen molar-refractivity contribution in [3.05, 3.63) is 12.2 Å². The molecule has 1 aliphatic heterocycles. The third-order valence-corrected chi connectivity index (χ3v) is 4.74. The van der Waals surface area contributed by atoms with E-state index in [2.05, 4.69) is 52.7 Å². The highest BCUT2D eigenvalue weighted by atomic mass is 15.3. The zero-order chi connectivity index (χ0) is 15.3. The van der Waals surface area contributed by atoms with Gasteiger partial charge in [0, 0.05) is 24.5 Å². The number of likely N-dealkylation sites (N-methyl/N-ethyl adjacent to an activating group) is 1. The van der Waals surface area contributed by atoms with Crippen molar-refractivity contribution in [3.63, 3.8) is 0 Å². The number of hydrogen-bond donors (Lipinski definition) is 1. The summed E-state index contributed by atoms with van der Waals surface area (Å²) in [5.41, 5.74) is 0.148. The number of aryl methyl sites for hydroxylation is 1. The SMILES string of the molecule is CCCn1ncnc1CC(NCC)C(C)(C)N1CCCC1. The van der Waals surface area contributed by atoms with Gasteiger partial charge < -0.3 is 5.32 Å². The smallest absolute Gasteiger partial charge is 0.138 e. The Hall–Kier alpha value is -0.940. The zero-order valence-corrected chi connectivity index (χ0v) is 14.1. The summed E-state index contributed by atoms with van der Waals surface area (Å²) in [5.74, 6) is 1.11. The summed E-state index contributed by atoms with van der Waals surface area (Å²) in [7, 11) is 0. The molecule has 0 aliphatic carbocycles. The topological polar surface area (TPSA) is 46.0 Å². The van der Waals surface area contributed by atoms with Crippen LogP contribution < -0.4 is 5.32 Å². The van der Waals surface area contributed by atoms with Gasteiger partial charge >= 0.3 is 0 Å². The summed E-state index contributed by atoms with van der Waals surface area (Å²) in [6, 6.07) is 0.403. The van der Waals surface area contributed by atoms with Crippen LogP contribution in [0, 0.1) is 0 Å². The van der Waals surface area contributed by atoms with Crippen LogP contribution in [0.5, 0.6) is 0 Å². The Labute approximate surface area is 129 Å². The van der Waals surface area contributed by atoms with E-state index in [1.165, 1.54) is 25.9 Å². The first-order valence-electron chi connectivity index (χ1n) is 8.44. The molecule has 0 amide bonds. The lowest BCUT2D eigenvalue weighted by Crippen LogP contribution is -2.58. The monoisotopic (exact) mass is 293 g/mol. The number of aromatic nitrogens is 3. The highest BCUT2D eigenvalue weighted by Gasteiger charge is 2.37. The molecule has 120 valence electrons. The van der Waals surface area contributed by atoms with Crippen LogP contribution in [0.15, 0.2) is 6.33 Å². The molecule has 0 saturated carbocycles. The molecule has 5 heteroatoms. The second kappa shape index (κ2) is 7.36. The van der Waals surface area contributed by atoms with Crippen LogP contribution in [0.2, 0.25) is 0 Å². The molecule has 1 atom stereocenters. The minimum Gasteiger partial charge on any atom is -0.312 e. The van der Waals surface area contributed by atoms with Gasteiger partial charge in [0.15, 0.2) is 0 Å². The molecule has 1 saturated heterocycles. The van der Waals surface area contributed by atoms with Gasteiger partial charge in [-0.1, -0.05) is 13.8 Å². The van der Waals surface area contributed by atoms with Crippen LogP contribution in [0.4, 0.5) is 0 Å². The summed E-state index contributed by atoms with van der Waals surface area (Å²) in [6.45, 7) is 13.5. The van der Waals surface area contributed by atoms with Crippen LogP contribution >= 0.6 is 0 Å². The first-order chi connectivity index (χ1) is 10.1.